The van der Waals surface area contributed by atoms with Gasteiger partial charge in [0.1, 0.15) is 5.75 Å². The van der Waals surface area contributed by atoms with E-state index >= 15 is 0 Å². The summed E-state index contributed by atoms with van der Waals surface area (Å²) in [6, 6.07) is 23.5. The smallest absolute Gasteiger partial charge is 0.262 e. The van der Waals surface area contributed by atoms with E-state index in [1.165, 1.54) is 0 Å². The number of carbonyl (C=O) groups is 3. The zero-order valence-electron chi connectivity index (χ0n) is 27.2. The van der Waals surface area contributed by atoms with Gasteiger partial charge in [0.25, 0.3) is 5.91 Å². The second kappa shape index (κ2) is 12.3. The predicted molar refractivity (Wildman–Crippen MR) is 184 cm³/mol. The number of aryl methyl sites for hydroxylation is 1. The molecule has 46 heavy (non-hydrogen) atoms. The van der Waals surface area contributed by atoms with Gasteiger partial charge in [-0.05, 0) is 72.1 Å². The zero-order valence-corrected chi connectivity index (χ0v) is 28.8. The van der Waals surface area contributed by atoms with Crippen LogP contribution in [-0.2, 0) is 20.9 Å². The van der Waals surface area contributed by atoms with Gasteiger partial charge in [-0.2, -0.15) is 0 Å². The summed E-state index contributed by atoms with van der Waals surface area (Å²) < 4.78 is 7.04. The molecule has 1 heterocycles. The first-order valence-corrected chi connectivity index (χ1v) is 16.7. The van der Waals surface area contributed by atoms with Crippen LogP contribution in [0.1, 0.15) is 76.0 Å². The Bertz CT molecular complexity index is 1730. The molecule has 6 rings (SSSR count). The van der Waals surface area contributed by atoms with Gasteiger partial charge in [-0.25, -0.2) is 0 Å². The number of anilines is 1. The average Bonchev–Trinajstić information content (AvgIpc) is 2.96. The molecule has 3 aromatic carbocycles. The fraction of sp³-hybridized carbons (Fsp3) is 0.359. The lowest BCUT2D eigenvalue weighted by Crippen LogP contribution is -2.44. The second-order valence-corrected chi connectivity index (χ2v) is 15.4. The number of allylic oxidation sites excluding steroid dienone is 4. The monoisotopic (exact) mass is 680 g/mol. The van der Waals surface area contributed by atoms with Crippen molar-refractivity contribution in [1.82, 2.24) is 4.90 Å². The van der Waals surface area contributed by atoms with E-state index in [0.29, 0.717) is 54.8 Å². The summed E-state index contributed by atoms with van der Waals surface area (Å²) in [6.45, 7) is 10.9. The van der Waals surface area contributed by atoms with E-state index in [-0.39, 0.29) is 34.9 Å². The van der Waals surface area contributed by atoms with Crippen molar-refractivity contribution in [3.05, 3.63) is 116 Å². The van der Waals surface area contributed by atoms with Crippen LogP contribution in [0.3, 0.4) is 0 Å². The van der Waals surface area contributed by atoms with Crippen molar-refractivity contribution in [2.75, 3.05) is 11.9 Å². The van der Waals surface area contributed by atoms with Gasteiger partial charge in [-0.15, -0.1) is 0 Å². The van der Waals surface area contributed by atoms with Crippen LogP contribution in [0.2, 0.25) is 0 Å². The molecule has 0 atom stereocenters. The molecule has 3 aliphatic rings. The predicted octanol–water partition coefficient (Wildman–Crippen LogP) is 8.66. The van der Waals surface area contributed by atoms with Crippen molar-refractivity contribution in [1.29, 1.82) is 0 Å². The summed E-state index contributed by atoms with van der Waals surface area (Å²) in [5, 5.41) is 2.91. The quantitative estimate of drug-likeness (QED) is 0.270. The summed E-state index contributed by atoms with van der Waals surface area (Å²) in [4.78, 5) is 43.9. The van der Waals surface area contributed by atoms with Crippen LogP contribution in [0.25, 0.3) is 0 Å². The first-order valence-electron chi connectivity index (χ1n) is 15.9. The van der Waals surface area contributed by atoms with Crippen molar-refractivity contribution in [3.63, 3.8) is 0 Å². The number of carbonyl (C=O) groups excluding carboxylic acids is 3. The largest absolute Gasteiger partial charge is 0.483 e. The van der Waals surface area contributed by atoms with Crippen molar-refractivity contribution in [3.8, 4) is 5.75 Å². The van der Waals surface area contributed by atoms with Gasteiger partial charge in [0, 0.05) is 63.6 Å². The summed E-state index contributed by atoms with van der Waals surface area (Å²) in [5.41, 5.74) is 6.45. The Morgan fingerprint density at radius 2 is 1.48 bits per heavy atom. The number of hydrogen-bond donors (Lipinski definition) is 1. The van der Waals surface area contributed by atoms with E-state index in [4.69, 9.17) is 4.74 Å². The number of benzene rings is 3. The van der Waals surface area contributed by atoms with E-state index in [1.807, 2.05) is 67.6 Å². The molecule has 1 amide bonds. The lowest BCUT2D eigenvalue weighted by Gasteiger charge is -2.49. The number of amides is 1. The molecule has 0 saturated carbocycles. The van der Waals surface area contributed by atoms with E-state index in [1.54, 1.807) is 0 Å². The maximum absolute atomic E-state index is 14.3. The molecular formula is C39H41BrN2O4. The fourth-order valence-electron chi connectivity index (χ4n) is 7.26. The van der Waals surface area contributed by atoms with Crippen LogP contribution in [0, 0.1) is 17.8 Å². The Balaban J connectivity index is 1.46. The zero-order chi connectivity index (χ0) is 32.8. The molecule has 0 spiro atoms. The van der Waals surface area contributed by atoms with Gasteiger partial charge in [0.2, 0.25) is 0 Å². The SMILES string of the molecule is Cc1cccc(NC(=O)COc2ccc(Br)cc2C2C3=C(CC(C)(C)CC3=O)N(Cc3ccccc3)C3=C2C(=O)CC(C)(C)C3)c1. The third-order valence-electron chi connectivity index (χ3n) is 9.15. The standard InChI is InChI=1S/C39H41BrN2O4/c1-24-10-9-13-27(16-24)41-34(45)23-46-33-15-14-26(40)17-28(33)35-36-29(18-38(2,3)20-31(36)43)42(22-25-11-7-6-8-12-25)30-19-39(4,5)21-32(44)37(30)35/h6-17,35H,18-23H2,1-5H3,(H,41,45). The van der Waals surface area contributed by atoms with Gasteiger partial charge in [-0.3, -0.25) is 14.4 Å². The Morgan fingerprint density at radius 1 is 0.848 bits per heavy atom. The van der Waals surface area contributed by atoms with Gasteiger partial charge in [0.15, 0.2) is 18.2 Å². The summed E-state index contributed by atoms with van der Waals surface area (Å²) >= 11 is 3.65. The molecule has 0 fully saturated rings. The van der Waals surface area contributed by atoms with Gasteiger partial charge in [-0.1, -0.05) is 86.1 Å². The van der Waals surface area contributed by atoms with Crippen LogP contribution < -0.4 is 10.1 Å². The number of ether oxygens (including phenoxy) is 1. The highest BCUT2D eigenvalue weighted by Gasteiger charge is 2.49. The summed E-state index contributed by atoms with van der Waals surface area (Å²) in [7, 11) is 0. The van der Waals surface area contributed by atoms with Crippen molar-refractivity contribution < 1.29 is 19.1 Å². The summed E-state index contributed by atoms with van der Waals surface area (Å²) in [5.74, 6) is -0.277. The first-order chi connectivity index (χ1) is 21.8. The van der Waals surface area contributed by atoms with Gasteiger partial charge in [0.05, 0.1) is 0 Å². The average molecular weight is 682 g/mol. The Labute approximate surface area is 280 Å². The van der Waals surface area contributed by atoms with Crippen LogP contribution in [0.4, 0.5) is 5.69 Å². The molecule has 0 radical (unpaired) electrons. The van der Waals surface area contributed by atoms with Crippen LogP contribution in [0.15, 0.2) is 99.8 Å². The molecule has 1 N–H and O–H groups in total. The number of halogens is 1. The molecule has 0 saturated heterocycles. The molecular weight excluding hydrogens is 640 g/mol. The molecule has 0 bridgehead atoms. The number of ketones is 2. The highest BCUT2D eigenvalue weighted by atomic mass is 79.9. The maximum Gasteiger partial charge on any atom is 0.262 e. The molecule has 0 aromatic heterocycles. The summed E-state index contributed by atoms with van der Waals surface area (Å²) in [6.07, 6.45) is 2.22. The van der Waals surface area contributed by atoms with Crippen LogP contribution in [-0.4, -0.2) is 29.0 Å². The maximum atomic E-state index is 14.3. The lowest BCUT2D eigenvalue weighted by molar-refractivity contribution is -0.120. The van der Waals surface area contributed by atoms with E-state index in [9.17, 15) is 14.4 Å². The fourth-order valence-corrected chi connectivity index (χ4v) is 7.63. The Morgan fingerprint density at radius 3 is 2.09 bits per heavy atom. The number of rotatable bonds is 7. The Hall–Kier alpha value is -3.97. The molecule has 7 heteroatoms. The third kappa shape index (κ3) is 6.61. The highest BCUT2D eigenvalue weighted by Crippen LogP contribution is 2.56. The molecule has 2 aliphatic carbocycles. The molecule has 1 aliphatic heterocycles. The molecule has 238 valence electrons. The Kier molecular flexibility index (Phi) is 8.57. The van der Waals surface area contributed by atoms with Crippen molar-refractivity contribution >= 4 is 39.1 Å². The number of hydrogen-bond acceptors (Lipinski definition) is 5. The van der Waals surface area contributed by atoms with E-state index in [2.05, 4.69) is 66.0 Å². The molecule has 0 unspecified atom stereocenters. The lowest BCUT2D eigenvalue weighted by atomic mass is 9.63. The topological polar surface area (TPSA) is 75.7 Å². The van der Waals surface area contributed by atoms with Crippen molar-refractivity contribution in [2.24, 2.45) is 10.8 Å². The highest BCUT2D eigenvalue weighted by molar-refractivity contribution is 9.10. The second-order valence-electron chi connectivity index (χ2n) is 14.5. The molecule has 3 aromatic rings. The van der Waals surface area contributed by atoms with Crippen LogP contribution >= 0.6 is 15.9 Å². The number of nitrogens with one attached hydrogen (secondary N) is 1. The number of nitrogens with zero attached hydrogens (tertiary/aromatic N) is 1. The van der Waals surface area contributed by atoms with Crippen LogP contribution in [0.5, 0.6) is 5.75 Å². The minimum Gasteiger partial charge on any atom is -0.483 e. The van der Waals surface area contributed by atoms with E-state index < -0.39 is 5.92 Å². The minimum atomic E-state index is -0.587. The van der Waals surface area contributed by atoms with Gasteiger partial charge >= 0.3 is 0 Å². The van der Waals surface area contributed by atoms with Gasteiger partial charge < -0.3 is 15.0 Å². The van der Waals surface area contributed by atoms with E-state index in [0.717, 1.165) is 32.6 Å². The third-order valence-corrected chi connectivity index (χ3v) is 9.64. The normalized spacial score (nSPS) is 19.1. The van der Waals surface area contributed by atoms with Crippen molar-refractivity contribution in [2.45, 2.75) is 72.8 Å². The minimum absolute atomic E-state index is 0.0570. The molecule has 6 nitrogen and oxygen atoms in total. The number of Topliss-reactive ketones (excluding diaryl/α,β-unsaturated/α-hetero) is 2. The first kappa shape index (κ1) is 32.0.